The second-order valence-corrected chi connectivity index (χ2v) is 6.68. The van der Waals surface area contributed by atoms with Gasteiger partial charge in [-0.25, -0.2) is 14.4 Å². The van der Waals surface area contributed by atoms with E-state index in [-0.39, 0.29) is 5.82 Å². The Morgan fingerprint density at radius 1 is 1.36 bits per heavy atom. The molecule has 0 saturated carbocycles. The fourth-order valence-electron chi connectivity index (χ4n) is 2.64. The van der Waals surface area contributed by atoms with Crippen LogP contribution in [0, 0.1) is 12.7 Å². The molecule has 0 amide bonds. The second-order valence-electron chi connectivity index (χ2n) is 5.74. The molecule has 0 radical (unpaired) electrons. The van der Waals surface area contributed by atoms with Crippen molar-refractivity contribution < 1.29 is 4.39 Å². The highest BCUT2D eigenvalue weighted by atomic mass is 32.1. The zero-order valence-corrected chi connectivity index (χ0v) is 15.2. The molecule has 3 rings (SSSR count). The number of thiazole rings is 1. The number of nitrogens with one attached hydrogen (secondary N) is 3. The van der Waals surface area contributed by atoms with Gasteiger partial charge in [0.2, 0.25) is 0 Å². The van der Waals surface area contributed by atoms with Crippen molar-refractivity contribution >= 4 is 28.2 Å². The molecule has 1 aromatic carbocycles. The maximum Gasteiger partial charge on any atom is 0.191 e. The molecule has 3 N–H and O–H groups in total. The predicted molar refractivity (Wildman–Crippen MR) is 102 cm³/mol. The molecule has 0 spiro atoms. The van der Waals surface area contributed by atoms with E-state index in [9.17, 15) is 4.39 Å². The summed E-state index contributed by atoms with van der Waals surface area (Å²) in [5.74, 6) is 0.567. The van der Waals surface area contributed by atoms with Gasteiger partial charge in [-0.05, 0) is 44.0 Å². The smallest absolute Gasteiger partial charge is 0.191 e. The van der Waals surface area contributed by atoms with Gasteiger partial charge in [0.25, 0.3) is 0 Å². The van der Waals surface area contributed by atoms with Gasteiger partial charge < -0.3 is 15.6 Å². The van der Waals surface area contributed by atoms with Gasteiger partial charge in [0, 0.05) is 35.1 Å². The molecule has 0 atom stereocenters. The Kier molecular flexibility index (Phi) is 5.65. The van der Waals surface area contributed by atoms with Crippen LogP contribution in [0.25, 0.3) is 10.9 Å². The molecular weight excluding hydrogens is 337 g/mol. The van der Waals surface area contributed by atoms with E-state index in [0.29, 0.717) is 6.54 Å². The highest BCUT2D eigenvalue weighted by Crippen LogP contribution is 2.19. The van der Waals surface area contributed by atoms with Crippen molar-refractivity contribution in [1.82, 2.24) is 20.6 Å². The minimum absolute atomic E-state index is 0.212. The normalized spacial score (nSPS) is 11.9. The maximum atomic E-state index is 13.4. The van der Waals surface area contributed by atoms with E-state index in [1.807, 2.05) is 25.6 Å². The van der Waals surface area contributed by atoms with Crippen molar-refractivity contribution in [3.63, 3.8) is 0 Å². The van der Waals surface area contributed by atoms with Crippen molar-refractivity contribution in [3.8, 4) is 0 Å². The number of aromatic nitrogens is 2. The van der Waals surface area contributed by atoms with Crippen LogP contribution in [0.1, 0.15) is 23.1 Å². The van der Waals surface area contributed by atoms with E-state index in [4.69, 9.17) is 0 Å². The first kappa shape index (κ1) is 17.4. The Bertz CT molecular complexity index is 867. The van der Waals surface area contributed by atoms with E-state index in [0.717, 1.165) is 47.6 Å². The number of aliphatic imine (C=N–C) groups is 1. The number of H-pyrrole nitrogens is 1. The summed E-state index contributed by atoms with van der Waals surface area (Å²) in [6.45, 7) is 6.17. The van der Waals surface area contributed by atoms with E-state index >= 15 is 0 Å². The van der Waals surface area contributed by atoms with Crippen molar-refractivity contribution in [2.24, 2.45) is 4.99 Å². The van der Waals surface area contributed by atoms with Gasteiger partial charge in [-0.3, -0.25) is 0 Å². The monoisotopic (exact) mass is 359 g/mol. The van der Waals surface area contributed by atoms with Gasteiger partial charge in [0.1, 0.15) is 5.82 Å². The molecule has 0 bridgehead atoms. The molecule has 132 valence electrons. The van der Waals surface area contributed by atoms with Gasteiger partial charge in [0.15, 0.2) is 5.96 Å². The Morgan fingerprint density at radius 3 is 3.00 bits per heavy atom. The third-order valence-corrected chi connectivity index (χ3v) is 4.91. The zero-order chi connectivity index (χ0) is 17.6. The molecule has 5 nitrogen and oxygen atoms in total. The average molecular weight is 359 g/mol. The fourth-order valence-corrected chi connectivity index (χ4v) is 3.34. The summed E-state index contributed by atoms with van der Waals surface area (Å²) in [7, 11) is 0. The molecular formula is C18H22FN5S. The van der Waals surface area contributed by atoms with Crippen molar-refractivity contribution in [3.05, 3.63) is 51.9 Å². The zero-order valence-electron chi connectivity index (χ0n) is 14.4. The number of hydrogen-bond acceptors (Lipinski definition) is 3. The number of benzene rings is 1. The summed E-state index contributed by atoms with van der Waals surface area (Å²) >= 11 is 1.62. The van der Waals surface area contributed by atoms with Crippen LogP contribution in [0.4, 0.5) is 4.39 Å². The van der Waals surface area contributed by atoms with Crippen molar-refractivity contribution in [2.75, 3.05) is 13.1 Å². The highest BCUT2D eigenvalue weighted by Gasteiger charge is 2.06. The molecule has 0 aliphatic carbocycles. The number of guanidine groups is 1. The maximum absolute atomic E-state index is 13.4. The number of rotatable bonds is 6. The number of hydrogen-bond donors (Lipinski definition) is 3. The van der Waals surface area contributed by atoms with Gasteiger partial charge in [-0.1, -0.05) is 0 Å². The lowest BCUT2D eigenvalue weighted by Crippen LogP contribution is -2.38. The van der Waals surface area contributed by atoms with Crippen LogP contribution in [0.3, 0.4) is 0 Å². The van der Waals surface area contributed by atoms with Gasteiger partial charge in [-0.15, -0.1) is 11.3 Å². The highest BCUT2D eigenvalue weighted by molar-refractivity contribution is 7.09. The van der Waals surface area contributed by atoms with Gasteiger partial charge in [-0.2, -0.15) is 0 Å². The van der Waals surface area contributed by atoms with Gasteiger partial charge >= 0.3 is 0 Å². The molecule has 0 saturated heterocycles. The molecule has 0 aliphatic heterocycles. The first-order valence-corrected chi connectivity index (χ1v) is 9.22. The van der Waals surface area contributed by atoms with Gasteiger partial charge in [0.05, 0.1) is 17.7 Å². The minimum Gasteiger partial charge on any atom is -0.361 e. The third-order valence-electron chi connectivity index (χ3n) is 3.99. The Balaban J connectivity index is 1.61. The van der Waals surface area contributed by atoms with E-state index in [1.165, 1.54) is 10.9 Å². The number of halogens is 1. The van der Waals surface area contributed by atoms with E-state index in [2.05, 4.69) is 25.6 Å². The molecule has 0 aliphatic rings. The van der Waals surface area contributed by atoms with Crippen LogP contribution < -0.4 is 10.6 Å². The molecule has 7 heteroatoms. The summed E-state index contributed by atoms with van der Waals surface area (Å²) in [6, 6.07) is 4.82. The molecule has 2 aromatic heterocycles. The van der Waals surface area contributed by atoms with Crippen LogP contribution in [0.15, 0.2) is 34.9 Å². The molecule has 25 heavy (non-hydrogen) atoms. The first-order valence-electron chi connectivity index (χ1n) is 8.34. The van der Waals surface area contributed by atoms with E-state index in [1.54, 1.807) is 23.5 Å². The van der Waals surface area contributed by atoms with Crippen LogP contribution in [-0.4, -0.2) is 29.0 Å². The van der Waals surface area contributed by atoms with Crippen LogP contribution in [-0.2, 0) is 13.0 Å². The van der Waals surface area contributed by atoms with E-state index < -0.39 is 0 Å². The number of aryl methyl sites for hydroxylation is 1. The summed E-state index contributed by atoms with van der Waals surface area (Å²) < 4.78 is 13.4. The first-order chi connectivity index (χ1) is 12.2. The topological polar surface area (TPSA) is 65.1 Å². The van der Waals surface area contributed by atoms with Crippen LogP contribution >= 0.6 is 11.3 Å². The summed E-state index contributed by atoms with van der Waals surface area (Å²) in [4.78, 5) is 13.2. The SMILES string of the molecule is CCNC(=NCc1scnc1C)NCCc1c[nH]c2ccc(F)cc12. The summed E-state index contributed by atoms with van der Waals surface area (Å²) in [5.41, 5.74) is 4.93. The summed E-state index contributed by atoms with van der Waals surface area (Å²) in [6.07, 6.45) is 2.73. The lowest BCUT2D eigenvalue weighted by Gasteiger charge is -2.11. The number of fused-ring (bicyclic) bond motifs is 1. The van der Waals surface area contributed by atoms with Crippen LogP contribution in [0.5, 0.6) is 0 Å². The predicted octanol–water partition coefficient (Wildman–Crippen LogP) is 3.37. The minimum atomic E-state index is -0.212. The quantitative estimate of drug-likeness (QED) is 0.467. The molecule has 0 unspecified atom stereocenters. The largest absolute Gasteiger partial charge is 0.361 e. The molecule has 3 aromatic rings. The van der Waals surface area contributed by atoms with Crippen molar-refractivity contribution in [2.45, 2.75) is 26.8 Å². The second kappa shape index (κ2) is 8.11. The molecule has 2 heterocycles. The average Bonchev–Trinajstić information content (AvgIpc) is 3.19. The standard InChI is InChI=1S/C18H22FN5S/c1-3-20-18(23-10-17-12(2)24-11-25-17)21-7-6-13-9-22-16-5-4-14(19)8-15(13)16/h4-5,8-9,11,22H,3,6-7,10H2,1-2H3,(H2,20,21,23). The lowest BCUT2D eigenvalue weighted by atomic mass is 10.1. The number of aromatic amines is 1. The Labute approximate surface area is 150 Å². The lowest BCUT2D eigenvalue weighted by molar-refractivity contribution is 0.629. The third kappa shape index (κ3) is 4.36. The number of nitrogens with zero attached hydrogens (tertiary/aromatic N) is 2. The van der Waals surface area contributed by atoms with Crippen molar-refractivity contribution in [1.29, 1.82) is 0 Å². The fraction of sp³-hybridized carbons (Fsp3) is 0.333. The Hall–Kier alpha value is -2.41. The summed E-state index contributed by atoms with van der Waals surface area (Å²) in [5, 5.41) is 7.52. The van der Waals surface area contributed by atoms with Crippen LogP contribution in [0.2, 0.25) is 0 Å². The Morgan fingerprint density at radius 2 is 2.24 bits per heavy atom. The molecule has 0 fully saturated rings.